The van der Waals surface area contributed by atoms with Gasteiger partial charge in [0.1, 0.15) is 0 Å². The highest BCUT2D eigenvalue weighted by Crippen LogP contribution is 2.66. The summed E-state index contributed by atoms with van der Waals surface area (Å²) in [6.45, 7) is 8.35. The summed E-state index contributed by atoms with van der Waals surface area (Å²) in [4.78, 5) is 4.52. The summed E-state index contributed by atoms with van der Waals surface area (Å²) in [5, 5.41) is 0. The van der Waals surface area contributed by atoms with Crippen molar-refractivity contribution in [2.75, 3.05) is 0 Å². The van der Waals surface area contributed by atoms with E-state index in [1.165, 1.54) is 19.3 Å². The summed E-state index contributed by atoms with van der Waals surface area (Å²) < 4.78 is 6.26. The minimum absolute atomic E-state index is 0.323. The van der Waals surface area contributed by atoms with E-state index in [9.17, 15) is 0 Å². The van der Waals surface area contributed by atoms with E-state index in [-0.39, 0.29) is 0 Å². The maximum Gasteiger partial charge on any atom is 0.0892 e. The Hall–Kier alpha value is -0.930. The SMILES string of the molecule is CC1(C)C2CCC1(C)C(OCc1cccc(CN)n1)C2. The van der Waals surface area contributed by atoms with Crippen molar-refractivity contribution in [2.45, 2.75) is 59.3 Å². The lowest BCUT2D eigenvalue weighted by Crippen LogP contribution is -2.37. The maximum atomic E-state index is 6.26. The van der Waals surface area contributed by atoms with Gasteiger partial charge in [-0.25, -0.2) is 0 Å². The Kier molecular flexibility index (Phi) is 3.38. The zero-order valence-corrected chi connectivity index (χ0v) is 12.9. The maximum absolute atomic E-state index is 6.26. The normalized spacial score (nSPS) is 34.6. The van der Waals surface area contributed by atoms with Gasteiger partial charge in [-0.2, -0.15) is 0 Å². The molecular weight excluding hydrogens is 248 g/mol. The molecule has 1 heterocycles. The number of pyridine rings is 1. The lowest BCUT2D eigenvalue weighted by atomic mass is 9.70. The Morgan fingerprint density at radius 2 is 2.05 bits per heavy atom. The first-order chi connectivity index (χ1) is 9.47. The highest BCUT2D eigenvalue weighted by atomic mass is 16.5. The van der Waals surface area contributed by atoms with Crippen LogP contribution in [0.3, 0.4) is 0 Å². The van der Waals surface area contributed by atoms with E-state index in [1.807, 2.05) is 18.2 Å². The number of hydrogen-bond donors (Lipinski definition) is 1. The second kappa shape index (κ2) is 4.81. The van der Waals surface area contributed by atoms with Crippen molar-refractivity contribution in [3.8, 4) is 0 Å². The van der Waals surface area contributed by atoms with E-state index in [4.69, 9.17) is 10.5 Å². The summed E-state index contributed by atoms with van der Waals surface area (Å²) >= 11 is 0. The Morgan fingerprint density at radius 3 is 2.65 bits per heavy atom. The Labute approximate surface area is 121 Å². The van der Waals surface area contributed by atoms with Crippen LogP contribution in [-0.4, -0.2) is 11.1 Å². The second-order valence-corrected chi connectivity index (χ2v) is 7.23. The molecule has 0 radical (unpaired) electrons. The molecule has 3 atom stereocenters. The van der Waals surface area contributed by atoms with Crippen LogP contribution in [-0.2, 0) is 17.9 Å². The fourth-order valence-electron chi connectivity index (χ4n) is 4.29. The molecule has 3 rings (SSSR count). The smallest absolute Gasteiger partial charge is 0.0892 e. The van der Waals surface area contributed by atoms with Crippen LogP contribution in [0.5, 0.6) is 0 Å². The van der Waals surface area contributed by atoms with Gasteiger partial charge in [0.25, 0.3) is 0 Å². The van der Waals surface area contributed by atoms with Crippen LogP contribution >= 0.6 is 0 Å². The second-order valence-electron chi connectivity index (χ2n) is 7.23. The third kappa shape index (κ3) is 1.99. The monoisotopic (exact) mass is 274 g/mol. The molecule has 1 aromatic heterocycles. The molecule has 20 heavy (non-hydrogen) atoms. The molecule has 0 amide bonds. The molecule has 3 unspecified atom stereocenters. The molecule has 2 saturated carbocycles. The molecule has 2 aliphatic rings. The van der Waals surface area contributed by atoms with Gasteiger partial charge in [0, 0.05) is 6.54 Å². The quantitative estimate of drug-likeness (QED) is 0.916. The number of rotatable bonds is 4. The molecule has 3 nitrogen and oxygen atoms in total. The Bertz CT molecular complexity index is 500. The minimum atomic E-state index is 0.323. The van der Waals surface area contributed by atoms with Gasteiger partial charge in [0.05, 0.1) is 24.1 Å². The number of nitrogens with zero attached hydrogens (tertiary/aromatic N) is 1. The Balaban J connectivity index is 1.68. The van der Waals surface area contributed by atoms with Crippen molar-refractivity contribution in [1.29, 1.82) is 0 Å². The molecular formula is C17H26N2O. The van der Waals surface area contributed by atoms with Gasteiger partial charge < -0.3 is 10.5 Å². The molecule has 2 aliphatic carbocycles. The summed E-state index contributed by atoms with van der Waals surface area (Å²) in [6.07, 6.45) is 4.25. The van der Waals surface area contributed by atoms with Crippen LogP contribution < -0.4 is 5.73 Å². The van der Waals surface area contributed by atoms with Gasteiger partial charge >= 0.3 is 0 Å². The van der Waals surface area contributed by atoms with Crippen LogP contribution in [0.4, 0.5) is 0 Å². The fraction of sp³-hybridized carbons (Fsp3) is 0.706. The Morgan fingerprint density at radius 1 is 1.30 bits per heavy atom. The van der Waals surface area contributed by atoms with E-state index in [2.05, 4.69) is 25.8 Å². The molecule has 110 valence electrons. The van der Waals surface area contributed by atoms with Crippen molar-refractivity contribution in [1.82, 2.24) is 4.98 Å². The highest BCUT2D eigenvalue weighted by molar-refractivity contribution is 5.13. The number of aromatic nitrogens is 1. The number of nitrogens with two attached hydrogens (primary N) is 1. The van der Waals surface area contributed by atoms with Crippen molar-refractivity contribution < 1.29 is 4.74 Å². The third-order valence-electron chi connectivity index (χ3n) is 6.22. The predicted molar refractivity (Wildman–Crippen MR) is 79.9 cm³/mol. The van der Waals surface area contributed by atoms with E-state index < -0.39 is 0 Å². The third-order valence-corrected chi connectivity index (χ3v) is 6.22. The summed E-state index contributed by atoms with van der Waals surface area (Å²) in [5.41, 5.74) is 8.30. The zero-order valence-electron chi connectivity index (χ0n) is 12.9. The van der Waals surface area contributed by atoms with Crippen LogP contribution in [0.25, 0.3) is 0 Å². The molecule has 2 bridgehead atoms. The first kappa shape index (κ1) is 14.0. The molecule has 0 saturated heterocycles. The average Bonchev–Trinajstić information content (AvgIpc) is 2.78. The topological polar surface area (TPSA) is 48.1 Å². The first-order valence-electron chi connectivity index (χ1n) is 7.74. The van der Waals surface area contributed by atoms with E-state index in [1.54, 1.807) is 0 Å². The lowest BCUT2D eigenvalue weighted by molar-refractivity contribution is -0.0560. The number of hydrogen-bond acceptors (Lipinski definition) is 3. The lowest BCUT2D eigenvalue weighted by Gasteiger charge is -2.38. The summed E-state index contributed by atoms with van der Waals surface area (Å²) in [5.74, 6) is 0.820. The van der Waals surface area contributed by atoms with E-state index >= 15 is 0 Å². The zero-order chi connectivity index (χ0) is 14.4. The molecule has 2 fully saturated rings. The minimum Gasteiger partial charge on any atom is -0.371 e. The van der Waals surface area contributed by atoms with Gasteiger partial charge in [-0.1, -0.05) is 26.8 Å². The average molecular weight is 274 g/mol. The van der Waals surface area contributed by atoms with Gasteiger partial charge in [-0.05, 0) is 48.1 Å². The molecule has 2 N–H and O–H groups in total. The standard InChI is InChI=1S/C17H26N2O/c1-16(2)12-7-8-17(16,3)15(9-12)20-11-14-6-4-5-13(10-18)19-14/h4-6,12,15H,7-11,18H2,1-3H3. The van der Waals surface area contributed by atoms with Crippen LogP contribution in [0.2, 0.25) is 0 Å². The van der Waals surface area contributed by atoms with Crippen molar-refractivity contribution in [3.05, 3.63) is 29.6 Å². The molecule has 0 aromatic carbocycles. The van der Waals surface area contributed by atoms with Gasteiger partial charge in [0.15, 0.2) is 0 Å². The summed E-state index contributed by atoms with van der Waals surface area (Å²) in [6, 6.07) is 6.01. The van der Waals surface area contributed by atoms with Crippen molar-refractivity contribution in [3.63, 3.8) is 0 Å². The van der Waals surface area contributed by atoms with Crippen molar-refractivity contribution in [2.24, 2.45) is 22.5 Å². The van der Waals surface area contributed by atoms with Crippen LogP contribution in [0, 0.1) is 16.7 Å². The predicted octanol–water partition coefficient (Wildman–Crippen LogP) is 3.27. The molecule has 0 spiro atoms. The van der Waals surface area contributed by atoms with E-state index in [0.717, 1.165) is 17.3 Å². The molecule has 3 heteroatoms. The summed E-state index contributed by atoms with van der Waals surface area (Å²) in [7, 11) is 0. The largest absolute Gasteiger partial charge is 0.371 e. The van der Waals surface area contributed by atoms with Crippen molar-refractivity contribution >= 4 is 0 Å². The molecule has 1 aromatic rings. The fourth-order valence-corrected chi connectivity index (χ4v) is 4.29. The van der Waals surface area contributed by atoms with Crippen LogP contribution in [0.15, 0.2) is 18.2 Å². The highest BCUT2D eigenvalue weighted by Gasteiger charge is 2.61. The first-order valence-corrected chi connectivity index (χ1v) is 7.74. The number of ether oxygens (including phenoxy) is 1. The van der Waals surface area contributed by atoms with Gasteiger partial charge in [0.2, 0.25) is 0 Å². The molecule has 0 aliphatic heterocycles. The number of fused-ring (bicyclic) bond motifs is 2. The van der Waals surface area contributed by atoms with Gasteiger partial charge in [-0.15, -0.1) is 0 Å². The van der Waals surface area contributed by atoms with Crippen LogP contribution in [0.1, 0.15) is 51.4 Å². The van der Waals surface area contributed by atoms with E-state index in [0.29, 0.717) is 30.1 Å². The van der Waals surface area contributed by atoms with Gasteiger partial charge in [-0.3, -0.25) is 4.98 Å².